The van der Waals surface area contributed by atoms with Crippen molar-refractivity contribution in [3.05, 3.63) is 101 Å². The second-order valence-electron chi connectivity index (χ2n) is 8.83. The molecule has 0 atom stereocenters. The van der Waals surface area contributed by atoms with Gasteiger partial charge in [-0.1, -0.05) is 55.8 Å². The Morgan fingerprint density at radius 1 is 1.13 bits per heavy atom. The molecule has 0 aliphatic heterocycles. The number of hydrogen-bond donors (Lipinski definition) is 2. The van der Waals surface area contributed by atoms with Crippen LogP contribution < -0.4 is 5.32 Å². The molecule has 8 heteroatoms. The summed E-state index contributed by atoms with van der Waals surface area (Å²) in [6, 6.07) is 3.69. The highest BCUT2D eigenvalue weighted by Gasteiger charge is 2.11. The minimum Gasteiger partial charge on any atom is -0.504 e. The molecule has 7 nitrogen and oxygen atoms in total. The quantitative estimate of drug-likeness (QED) is 0.0914. The number of allylic oxidation sites excluding steroid dienone is 5. The number of ether oxygens (including phenoxy) is 1. The first-order valence-corrected chi connectivity index (χ1v) is 13.3. The van der Waals surface area contributed by atoms with Crippen molar-refractivity contribution >= 4 is 23.5 Å². The van der Waals surface area contributed by atoms with Crippen LogP contribution in [0.3, 0.4) is 0 Å². The highest BCUT2D eigenvalue weighted by molar-refractivity contribution is 8.06. The predicted octanol–water partition coefficient (Wildman–Crippen LogP) is 7.59. The first-order chi connectivity index (χ1) is 18.0. The lowest BCUT2D eigenvalue weighted by atomic mass is 10.1. The van der Waals surface area contributed by atoms with Gasteiger partial charge in [-0.05, 0) is 75.1 Å². The number of nitrogens with zero attached hydrogens (tertiary/aromatic N) is 3. The van der Waals surface area contributed by atoms with Crippen LogP contribution in [0, 0.1) is 0 Å². The van der Waals surface area contributed by atoms with Crippen LogP contribution >= 0.6 is 11.8 Å². The molecule has 0 fully saturated rings. The molecular formula is C30H42N4O3S. The normalized spacial score (nSPS) is 12.1. The number of rotatable bonds is 17. The van der Waals surface area contributed by atoms with Crippen LogP contribution in [0.1, 0.15) is 58.6 Å². The number of aryl methyl sites for hydroxylation is 1. The molecule has 1 amide bonds. The number of thioether (sulfide) groups is 1. The summed E-state index contributed by atoms with van der Waals surface area (Å²) < 4.78 is 4.97. The van der Waals surface area contributed by atoms with Crippen molar-refractivity contribution in [1.29, 1.82) is 0 Å². The number of methoxy groups -OCH3 is 1. The molecule has 0 saturated carbocycles. The smallest absolute Gasteiger partial charge is 0.229 e. The lowest BCUT2D eigenvalue weighted by Crippen LogP contribution is -2.14. The van der Waals surface area contributed by atoms with E-state index in [2.05, 4.69) is 41.8 Å². The van der Waals surface area contributed by atoms with Crippen molar-refractivity contribution in [2.75, 3.05) is 19.5 Å². The summed E-state index contributed by atoms with van der Waals surface area (Å²) in [5.74, 6) is 0.567. The van der Waals surface area contributed by atoms with Crippen LogP contribution in [0.5, 0.6) is 0 Å². The van der Waals surface area contributed by atoms with Crippen LogP contribution in [0.15, 0.2) is 95.0 Å². The number of aromatic nitrogens is 2. The molecule has 0 bridgehead atoms. The Kier molecular flexibility index (Phi) is 14.6. The third-order valence-electron chi connectivity index (χ3n) is 5.80. The van der Waals surface area contributed by atoms with Crippen LogP contribution in [-0.2, 0) is 16.0 Å². The minimum absolute atomic E-state index is 0.0125. The van der Waals surface area contributed by atoms with Gasteiger partial charge in [0, 0.05) is 25.6 Å². The fourth-order valence-corrected chi connectivity index (χ4v) is 3.99. The second kappa shape index (κ2) is 17.1. The lowest BCUT2D eigenvalue weighted by Gasteiger charge is -2.24. The number of carbonyl (C=O) groups is 1. The number of aliphatic hydroxyl groups is 1. The Balaban J connectivity index is 2.43. The lowest BCUT2D eigenvalue weighted by molar-refractivity contribution is -0.115. The van der Waals surface area contributed by atoms with E-state index < -0.39 is 0 Å². The third-order valence-corrected chi connectivity index (χ3v) is 6.80. The van der Waals surface area contributed by atoms with Gasteiger partial charge in [-0.3, -0.25) is 4.79 Å². The highest BCUT2D eigenvalue weighted by atomic mass is 32.2. The van der Waals surface area contributed by atoms with Crippen LogP contribution in [-0.4, -0.2) is 40.3 Å². The van der Waals surface area contributed by atoms with Crippen molar-refractivity contribution in [3.8, 4) is 0 Å². The van der Waals surface area contributed by atoms with E-state index >= 15 is 0 Å². The number of aliphatic hydroxyl groups excluding tert-OH is 1. The maximum atomic E-state index is 12.0. The summed E-state index contributed by atoms with van der Waals surface area (Å²) in [6.45, 7) is 21.9. The maximum absolute atomic E-state index is 12.0. The van der Waals surface area contributed by atoms with Gasteiger partial charge in [-0.2, -0.15) is 5.10 Å². The van der Waals surface area contributed by atoms with E-state index in [1.165, 1.54) is 18.9 Å². The minimum atomic E-state index is -0.0961. The Labute approximate surface area is 232 Å². The standard InChI is InChI=1S/C30H42N4O3S/c1-10-21(3)18-30(36)31-29-17-16-27(32-33-29)15-13-12-14-23(5)38-25(7)34(8)22(4)19-26(11-2)20-28(35)24(6)37-9/h10-11,16-17,20,35H,4-7,12-15,18-19H2,1-3,8-9H3,(H,31,33,36)/b21-10+,26-11-,28-20+. The zero-order chi connectivity index (χ0) is 28.7. The van der Waals surface area contributed by atoms with Gasteiger partial charge in [0.15, 0.2) is 17.3 Å². The highest BCUT2D eigenvalue weighted by Crippen LogP contribution is 2.31. The number of hydrogen-bond acceptors (Lipinski definition) is 7. The number of unbranched alkanes of at least 4 members (excludes halogenated alkanes) is 1. The van der Waals surface area contributed by atoms with Crippen LogP contribution in [0.25, 0.3) is 0 Å². The molecule has 1 heterocycles. The van der Waals surface area contributed by atoms with Gasteiger partial charge >= 0.3 is 0 Å². The van der Waals surface area contributed by atoms with Crippen LogP contribution in [0.4, 0.5) is 5.82 Å². The molecule has 0 unspecified atom stereocenters. The Morgan fingerprint density at radius 2 is 1.84 bits per heavy atom. The molecule has 1 aromatic rings. The zero-order valence-electron chi connectivity index (χ0n) is 23.5. The number of anilines is 1. The molecular weight excluding hydrogens is 496 g/mol. The summed E-state index contributed by atoms with van der Waals surface area (Å²) in [4.78, 5) is 14.9. The van der Waals surface area contributed by atoms with Gasteiger partial charge in [0.2, 0.25) is 5.91 Å². The van der Waals surface area contributed by atoms with Crippen LogP contribution in [0.2, 0.25) is 0 Å². The fourth-order valence-electron chi connectivity index (χ4n) is 3.14. The van der Waals surface area contributed by atoms with Gasteiger partial charge in [-0.25, -0.2) is 0 Å². The van der Waals surface area contributed by atoms with Crippen molar-refractivity contribution in [1.82, 2.24) is 15.1 Å². The SMILES string of the molecule is C=C(CCCCc1ccc(NC(=O)C/C(C)=C/C)nn1)SC(=C)N(C)C(=C)CC(=C/C)/C=C(/O)C(=C)OC. The van der Waals surface area contributed by atoms with E-state index in [-0.39, 0.29) is 17.4 Å². The van der Waals surface area contributed by atoms with Crippen molar-refractivity contribution in [2.24, 2.45) is 0 Å². The summed E-state index contributed by atoms with van der Waals surface area (Å²) in [5, 5.41) is 22.0. The molecule has 0 saturated heterocycles. The van der Waals surface area contributed by atoms with E-state index in [1.54, 1.807) is 12.1 Å². The van der Waals surface area contributed by atoms with Gasteiger partial charge < -0.3 is 20.1 Å². The number of nitrogens with one attached hydrogen (secondary N) is 1. The molecule has 1 aromatic heterocycles. The average Bonchev–Trinajstić information content (AvgIpc) is 2.90. The van der Waals surface area contributed by atoms with Gasteiger partial charge in [-0.15, -0.1) is 5.10 Å². The van der Waals surface area contributed by atoms with Crippen molar-refractivity contribution in [2.45, 2.75) is 59.3 Å². The summed E-state index contributed by atoms with van der Waals surface area (Å²) in [6.07, 6.45) is 9.91. The topological polar surface area (TPSA) is 87.6 Å². The molecule has 2 N–H and O–H groups in total. The summed E-state index contributed by atoms with van der Waals surface area (Å²) in [5.41, 5.74) is 3.62. The molecule has 206 valence electrons. The maximum Gasteiger partial charge on any atom is 0.229 e. The van der Waals surface area contributed by atoms with Crippen molar-refractivity contribution in [3.63, 3.8) is 0 Å². The number of carbonyl (C=O) groups excluding carboxylic acids is 1. The molecule has 0 radical (unpaired) electrons. The predicted molar refractivity (Wildman–Crippen MR) is 160 cm³/mol. The molecule has 0 aromatic carbocycles. The summed E-state index contributed by atoms with van der Waals surface area (Å²) >= 11 is 1.54. The first kappa shape index (κ1) is 32.5. The van der Waals surface area contributed by atoms with E-state index in [0.29, 0.717) is 18.7 Å². The van der Waals surface area contributed by atoms with Gasteiger partial charge in [0.1, 0.15) is 0 Å². The molecule has 1 rings (SSSR count). The van der Waals surface area contributed by atoms with E-state index in [0.717, 1.165) is 58.2 Å². The molecule has 0 aliphatic rings. The van der Waals surface area contributed by atoms with Crippen molar-refractivity contribution < 1.29 is 14.6 Å². The molecule has 38 heavy (non-hydrogen) atoms. The second-order valence-corrected chi connectivity index (χ2v) is 10.1. The number of amides is 1. The largest absolute Gasteiger partial charge is 0.504 e. The molecule has 0 spiro atoms. The average molecular weight is 539 g/mol. The Bertz CT molecular complexity index is 1100. The molecule has 0 aliphatic carbocycles. The third kappa shape index (κ3) is 12.1. The van der Waals surface area contributed by atoms with Gasteiger partial charge in [0.05, 0.1) is 17.8 Å². The summed E-state index contributed by atoms with van der Waals surface area (Å²) in [7, 11) is 3.38. The van der Waals surface area contributed by atoms with E-state index in [1.807, 2.05) is 50.9 Å². The zero-order valence-corrected chi connectivity index (χ0v) is 24.3. The Hall–Kier alpha value is -3.52. The van der Waals surface area contributed by atoms with E-state index in [4.69, 9.17) is 4.74 Å². The Morgan fingerprint density at radius 3 is 2.42 bits per heavy atom. The van der Waals surface area contributed by atoms with Gasteiger partial charge in [0.25, 0.3) is 0 Å². The van der Waals surface area contributed by atoms with E-state index in [9.17, 15) is 9.90 Å². The fraction of sp³-hybridized carbons (Fsp3) is 0.367. The first-order valence-electron chi connectivity index (χ1n) is 12.5. The monoisotopic (exact) mass is 538 g/mol.